The highest BCUT2D eigenvalue weighted by Crippen LogP contribution is 2.15. The molecule has 1 atom stereocenters. The van der Waals surface area contributed by atoms with Gasteiger partial charge in [-0.2, -0.15) is 5.10 Å². The fourth-order valence-electron chi connectivity index (χ4n) is 1.79. The zero-order chi connectivity index (χ0) is 11.5. The fraction of sp³-hybridized carbons (Fsp3) is 0.333. The Morgan fingerprint density at radius 2 is 2.31 bits per heavy atom. The number of hydrogen-bond acceptors (Lipinski definition) is 3. The number of aromatic nitrogens is 3. The van der Waals surface area contributed by atoms with Crippen molar-refractivity contribution >= 4 is 0 Å². The molecule has 4 heteroatoms. The van der Waals surface area contributed by atoms with E-state index in [4.69, 9.17) is 5.73 Å². The Kier molecular flexibility index (Phi) is 3.01. The quantitative estimate of drug-likeness (QED) is 0.843. The number of nitrogens with two attached hydrogens (primary N) is 1. The van der Waals surface area contributed by atoms with Gasteiger partial charge in [0.05, 0.1) is 5.69 Å². The molecule has 0 spiro atoms. The smallest absolute Gasteiger partial charge is 0.0596 e. The monoisotopic (exact) mass is 216 g/mol. The molecule has 2 N–H and O–H groups in total. The third-order valence-electron chi connectivity index (χ3n) is 2.64. The number of rotatable bonds is 3. The SMILES string of the molecule is Cc1cc(CC(N)c2cccnc2)n(C)n1. The van der Waals surface area contributed by atoms with Crippen LogP contribution < -0.4 is 5.73 Å². The Morgan fingerprint density at radius 3 is 2.88 bits per heavy atom. The molecule has 2 aromatic rings. The molecular weight excluding hydrogens is 200 g/mol. The maximum absolute atomic E-state index is 6.12. The highest BCUT2D eigenvalue weighted by molar-refractivity contribution is 5.18. The van der Waals surface area contributed by atoms with Crippen LogP contribution >= 0.6 is 0 Å². The lowest BCUT2D eigenvalue weighted by molar-refractivity contribution is 0.638. The predicted molar refractivity (Wildman–Crippen MR) is 62.8 cm³/mol. The largest absolute Gasteiger partial charge is 0.324 e. The second kappa shape index (κ2) is 4.45. The number of nitrogens with zero attached hydrogens (tertiary/aromatic N) is 3. The van der Waals surface area contributed by atoms with Crippen molar-refractivity contribution in [1.29, 1.82) is 0 Å². The van der Waals surface area contributed by atoms with Gasteiger partial charge in [-0.25, -0.2) is 0 Å². The molecule has 16 heavy (non-hydrogen) atoms. The second-order valence-electron chi connectivity index (χ2n) is 4.00. The minimum absolute atomic E-state index is 0.0245. The van der Waals surface area contributed by atoms with Gasteiger partial charge in [0.2, 0.25) is 0 Å². The lowest BCUT2D eigenvalue weighted by Crippen LogP contribution is -2.15. The molecular formula is C12H16N4. The first-order valence-corrected chi connectivity index (χ1v) is 5.32. The van der Waals surface area contributed by atoms with Gasteiger partial charge < -0.3 is 5.73 Å². The Labute approximate surface area is 95.1 Å². The molecule has 0 aliphatic heterocycles. The van der Waals surface area contributed by atoms with Gasteiger partial charge in [-0.15, -0.1) is 0 Å². The molecule has 4 nitrogen and oxygen atoms in total. The fourth-order valence-corrected chi connectivity index (χ4v) is 1.79. The van der Waals surface area contributed by atoms with Crippen molar-refractivity contribution < 1.29 is 0 Å². The van der Waals surface area contributed by atoms with Crippen LogP contribution in [-0.2, 0) is 13.5 Å². The molecule has 0 radical (unpaired) electrons. The molecule has 2 rings (SSSR count). The van der Waals surface area contributed by atoms with E-state index in [9.17, 15) is 0 Å². The van der Waals surface area contributed by atoms with E-state index in [1.807, 2.05) is 37.0 Å². The van der Waals surface area contributed by atoms with Crippen molar-refractivity contribution in [3.63, 3.8) is 0 Å². The van der Waals surface area contributed by atoms with Crippen LogP contribution in [0.3, 0.4) is 0 Å². The maximum Gasteiger partial charge on any atom is 0.0596 e. The van der Waals surface area contributed by atoms with Crippen molar-refractivity contribution in [2.75, 3.05) is 0 Å². The summed E-state index contributed by atoms with van der Waals surface area (Å²) in [6.07, 6.45) is 4.35. The Balaban J connectivity index is 2.14. The van der Waals surface area contributed by atoms with Gasteiger partial charge in [-0.05, 0) is 24.6 Å². The van der Waals surface area contributed by atoms with Gasteiger partial charge >= 0.3 is 0 Å². The minimum atomic E-state index is -0.0245. The zero-order valence-electron chi connectivity index (χ0n) is 9.59. The molecule has 0 saturated heterocycles. The van der Waals surface area contributed by atoms with Crippen LogP contribution in [-0.4, -0.2) is 14.8 Å². The molecule has 2 heterocycles. The predicted octanol–water partition coefficient (Wildman–Crippen LogP) is 1.37. The van der Waals surface area contributed by atoms with Crippen molar-refractivity contribution in [3.05, 3.63) is 47.5 Å². The van der Waals surface area contributed by atoms with E-state index in [0.717, 1.165) is 23.4 Å². The van der Waals surface area contributed by atoms with Crippen LogP contribution in [0.15, 0.2) is 30.6 Å². The number of pyridine rings is 1. The molecule has 1 unspecified atom stereocenters. The lowest BCUT2D eigenvalue weighted by Gasteiger charge is -2.11. The number of aryl methyl sites for hydroxylation is 2. The molecule has 2 aromatic heterocycles. The summed E-state index contributed by atoms with van der Waals surface area (Å²) in [7, 11) is 1.94. The number of hydrogen-bond donors (Lipinski definition) is 1. The maximum atomic E-state index is 6.12. The van der Waals surface area contributed by atoms with Crippen molar-refractivity contribution in [1.82, 2.24) is 14.8 Å². The van der Waals surface area contributed by atoms with E-state index >= 15 is 0 Å². The highest BCUT2D eigenvalue weighted by atomic mass is 15.3. The van der Waals surface area contributed by atoms with E-state index in [0.29, 0.717) is 0 Å². The van der Waals surface area contributed by atoms with E-state index in [-0.39, 0.29) is 6.04 Å². The lowest BCUT2D eigenvalue weighted by atomic mass is 10.0. The summed E-state index contributed by atoms with van der Waals surface area (Å²) < 4.78 is 1.88. The molecule has 84 valence electrons. The minimum Gasteiger partial charge on any atom is -0.324 e. The molecule has 0 amide bonds. The Morgan fingerprint density at radius 1 is 1.50 bits per heavy atom. The third kappa shape index (κ3) is 2.28. The Hall–Kier alpha value is -1.68. The first kappa shape index (κ1) is 10.8. The average Bonchev–Trinajstić information content (AvgIpc) is 2.59. The molecule has 0 fully saturated rings. The van der Waals surface area contributed by atoms with Gasteiger partial charge in [0.25, 0.3) is 0 Å². The van der Waals surface area contributed by atoms with Crippen LogP contribution in [0.5, 0.6) is 0 Å². The summed E-state index contributed by atoms with van der Waals surface area (Å²) in [6, 6.07) is 5.95. The highest BCUT2D eigenvalue weighted by Gasteiger charge is 2.10. The van der Waals surface area contributed by atoms with Gasteiger partial charge in [0, 0.05) is 37.6 Å². The van der Waals surface area contributed by atoms with Crippen LogP contribution in [0.1, 0.15) is 23.0 Å². The first-order chi connectivity index (χ1) is 7.66. The summed E-state index contributed by atoms with van der Waals surface area (Å²) in [6.45, 7) is 1.99. The molecule has 0 aliphatic carbocycles. The van der Waals surface area contributed by atoms with Gasteiger partial charge in [-0.3, -0.25) is 9.67 Å². The van der Waals surface area contributed by atoms with Gasteiger partial charge in [-0.1, -0.05) is 6.07 Å². The average molecular weight is 216 g/mol. The standard InChI is InChI=1S/C12H16N4/c1-9-6-11(16(2)15-9)7-12(13)10-4-3-5-14-8-10/h3-6,8,12H,7,13H2,1-2H3. The zero-order valence-corrected chi connectivity index (χ0v) is 9.59. The van der Waals surface area contributed by atoms with Gasteiger partial charge in [0.1, 0.15) is 0 Å². The molecule has 0 aliphatic rings. The van der Waals surface area contributed by atoms with E-state index in [2.05, 4.69) is 16.1 Å². The summed E-state index contributed by atoms with van der Waals surface area (Å²) >= 11 is 0. The molecule has 0 aromatic carbocycles. The van der Waals surface area contributed by atoms with Crippen LogP contribution in [0.25, 0.3) is 0 Å². The summed E-state index contributed by atoms with van der Waals surface area (Å²) in [5, 5.41) is 4.30. The normalized spacial score (nSPS) is 12.7. The van der Waals surface area contributed by atoms with Crippen molar-refractivity contribution in [2.45, 2.75) is 19.4 Å². The summed E-state index contributed by atoms with van der Waals surface area (Å²) in [5.41, 5.74) is 9.35. The van der Waals surface area contributed by atoms with Crippen molar-refractivity contribution in [3.8, 4) is 0 Å². The van der Waals surface area contributed by atoms with Crippen LogP contribution in [0.4, 0.5) is 0 Å². The third-order valence-corrected chi connectivity index (χ3v) is 2.64. The Bertz CT molecular complexity index is 461. The first-order valence-electron chi connectivity index (χ1n) is 5.32. The second-order valence-corrected chi connectivity index (χ2v) is 4.00. The topological polar surface area (TPSA) is 56.7 Å². The molecule has 0 saturated carbocycles. The van der Waals surface area contributed by atoms with E-state index in [1.165, 1.54) is 0 Å². The van der Waals surface area contributed by atoms with Crippen LogP contribution in [0, 0.1) is 6.92 Å². The summed E-state index contributed by atoms with van der Waals surface area (Å²) in [4.78, 5) is 4.07. The van der Waals surface area contributed by atoms with Gasteiger partial charge in [0.15, 0.2) is 0 Å². The van der Waals surface area contributed by atoms with Crippen molar-refractivity contribution in [2.24, 2.45) is 12.8 Å². The summed E-state index contributed by atoms with van der Waals surface area (Å²) in [5.74, 6) is 0. The van der Waals surface area contributed by atoms with E-state index in [1.54, 1.807) is 6.20 Å². The van der Waals surface area contributed by atoms with Crippen LogP contribution in [0.2, 0.25) is 0 Å². The van der Waals surface area contributed by atoms with E-state index < -0.39 is 0 Å². The molecule has 0 bridgehead atoms.